The molecular weight excluding hydrogens is 242 g/mol. The Hall–Kier alpha value is -2.10. The second-order valence-electron chi connectivity index (χ2n) is 5.05. The van der Waals surface area contributed by atoms with E-state index in [-0.39, 0.29) is 5.56 Å². The van der Waals surface area contributed by atoms with Gasteiger partial charge in [-0.2, -0.15) is 0 Å². The van der Waals surface area contributed by atoms with Crippen LogP contribution in [0.1, 0.15) is 25.3 Å². The standard InChI is InChI=1S/C15H15NO3/c1-2-16-12-6-4-3-5-10(12)9-11(13(16)17)15(7-8-15)14(18)19/h3-6,9H,2,7-8H2,1H3,(H,18,19). The molecule has 1 aliphatic rings. The molecule has 0 saturated heterocycles. The Morgan fingerprint density at radius 1 is 1.37 bits per heavy atom. The number of hydrogen-bond donors (Lipinski definition) is 1. The van der Waals surface area contributed by atoms with E-state index < -0.39 is 11.4 Å². The maximum absolute atomic E-state index is 12.5. The first kappa shape index (κ1) is 12.0. The average Bonchev–Trinajstić information content (AvgIpc) is 3.19. The highest BCUT2D eigenvalue weighted by Gasteiger charge is 2.53. The smallest absolute Gasteiger partial charge is 0.314 e. The molecule has 1 fully saturated rings. The number of fused-ring (bicyclic) bond motifs is 1. The van der Waals surface area contributed by atoms with E-state index in [1.165, 1.54) is 0 Å². The average molecular weight is 257 g/mol. The number of carboxylic acids is 1. The van der Waals surface area contributed by atoms with Gasteiger partial charge in [0.2, 0.25) is 0 Å². The topological polar surface area (TPSA) is 59.3 Å². The zero-order valence-corrected chi connectivity index (χ0v) is 10.7. The van der Waals surface area contributed by atoms with Gasteiger partial charge in [-0.15, -0.1) is 0 Å². The molecule has 1 saturated carbocycles. The predicted molar refractivity (Wildman–Crippen MR) is 72.4 cm³/mol. The van der Waals surface area contributed by atoms with Crippen LogP contribution in [0, 0.1) is 0 Å². The summed E-state index contributed by atoms with van der Waals surface area (Å²) < 4.78 is 1.66. The largest absolute Gasteiger partial charge is 0.481 e. The molecule has 1 aliphatic carbocycles. The number of aryl methyl sites for hydroxylation is 1. The summed E-state index contributed by atoms with van der Waals surface area (Å²) in [4.78, 5) is 23.9. The summed E-state index contributed by atoms with van der Waals surface area (Å²) in [5, 5.41) is 10.3. The molecule has 0 spiro atoms. The predicted octanol–water partition coefficient (Wildman–Crippen LogP) is 2.14. The molecule has 0 unspecified atom stereocenters. The number of para-hydroxylation sites is 1. The summed E-state index contributed by atoms with van der Waals surface area (Å²) in [6.45, 7) is 2.45. The van der Waals surface area contributed by atoms with Gasteiger partial charge < -0.3 is 9.67 Å². The van der Waals surface area contributed by atoms with Crippen molar-refractivity contribution >= 4 is 16.9 Å². The van der Waals surface area contributed by atoms with Crippen LogP contribution in [-0.2, 0) is 16.8 Å². The molecule has 1 N–H and O–H groups in total. The number of carbonyl (C=O) groups is 1. The van der Waals surface area contributed by atoms with Crippen molar-refractivity contribution in [1.29, 1.82) is 0 Å². The Morgan fingerprint density at radius 2 is 2.05 bits per heavy atom. The van der Waals surface area contributed by atoms with Gasteiger partial charge in [-0.1, -0.05) is 18.2 Å². The fraction of sp³-hybridized carbons (Fsp3) is 0.333. The van der Waals surface area contributed by atoms with E-state index in [0.29, 0.717) is 24.9 Å². The molecule has 0 radical (unpaired) electrons. The van der Waals surface area contributed by atoms with Crippen LogP contribution in [0.2, 0.25) is 0 Å². The van der Waals surface area contributed by atoms with E-state index in [2.05, 4.69) is 0 Å². The minimum Gasteiger partial charge on any atom is -0.481 e. The first-order valence-electron chi connectivity index (χ1n) is 6.46. The Morgan fingerprint density at radius 3 is 2.63 bits per heavy atom. The summed E-state index contributed by atoms with van der Waals surface area (Å²) in [6.07, 6.45) is 1.11. The first-order valence-corrected chi connectivity index (χ1v) is 6.46. The molecule has 98 valence electrons. The molecule has 0 amide bonds. The molecule has 0 bridgehead atoms. The third kappa shape index (κ3) is 1.59. The number of aliphatic carboxylic acids is 1. The molecule has 4 nitrogen and oxygen atoms in total. The molecule has 0 atom stereocenters. The maximum Gasteiger partial charge on any atom is 0.314 e. The second-order valence-corrected chi connectivity index (χ2v) is 5.05. The Kier molecular flexibility index (Phi) is 2.49. The van der Waals surface area contributed by atoms with Crippen molar-refractivity contribution in [2.75, 3.05) is 0 Å². The summed E-state index contributed by atoms with van der Waals surface area (Å²) in [6, 6.07) is 9.35. The van der Waals surface area contributed by atoms with Gasteiger partial charge in [0.1, 0.15) is 0 Å². The minimum atomic E-state index is -0.946. The summed E-state index contributed by atoms with van der Waals surface area (Å²) in [5.41, 5.74) is 0.180. The number of hydrogen-bond acceptors (Lipinski definition) is 2. The third-order valence-electron chi connectivity index (χ3n) is 3.99. The highest BCUT2D eigenvalue weighted by Crippen LogP contribution is 2.47. The Labute approximate surface area is 110 Å². The Bertz CT molecular complexity index is 726. The molecule has 0 aliphatic heterocycles. The number of pyridine rings is 1. The number of carboxylic acid groups (broad SMARTS) is 1. The molecular formula is C15H15NO3. The monoisotopic (exact) mass is 257 g/mol. The van der Waals surface area contributed by atoms with Gasteiger partial charge in [-0.05, 0) is 37.3 Å². The minimum absolute atomic E-state index is 0.166. The fourth-order valence-corrected chi connectivity index (χ4v) is 2.71. The van der Waals surface area contributed by atoms with Crippen LogP contribution in [0.3, 0.4) is 0 Å². The van der Waals surface area contributed by atoms with Crippen LogP contribution < -0.4 is 5.56 Å². The number of benzene rings is 1. The van der Waals surface area contributed by atoms with Gasteiger partial charge in [-0.3, -0.25) is 9.59 Å². The lowest BCUT2D eigenvalue weighted by molar-refractivity contribution is -0.140. The fourth-order valence-electron chi connectivity index (χ4n) is 2.71. The number of nitrogens with zero attached hydrogens (tertiary/aromatic N) is 1. The van der Waals surface area contributed by atoms with E-state index >= 15 is 0 Å². The number of rotatable bonds is 3. The molecule has 1 aromatic heterocycles. The van der Waals surface area contributed by atoms with Crippen molar-refractivity contribution in [2.24, 2.45) is 0 Å². The quantitative estimate of drug-likeness (QED) is 0.916. The molecule has 1 aromatic carbocycles. The van der Waals surface area contributed by atoms with Crippen molar-refractivity contribution in [1.82, 2.24) is 4.57 Å². The maximum atomic E-state index is 12.5. The molecule has 3 rings (SSSR count). The van der Waals surface area contributed by atoms with Crippen LogP contribution in [0.25, 0.3) is 10.9 Å². The van der Waals surface area contributed by atoms with E-state index in [1.54, 1.807) is 10.6 Å². The van der Waals surface area contributed by atoms with Crippen molar-refractivity contribution < 1.29 is 9.90 Å². The van der Waals surface area contributed by atoms with Crippen LogP contribution in [0.4, 0.5) is 0 Å². The number of aromatic nitrogens is 1. The van der Waals surface area contributed by atoms with Crippen molar-refractivity contribution in [2.45, 2.75) is 31.7 Å². The van der Waals surface area contributed by atoms with Gasteiger partial charge in [0, 0.05) is 12.1 Å². The summed E-state index contributed by atoms with van der Waals surface area (Å²) >= 11 is 0. The normalized spacial score (nSPS) is 16.5. The van der Waals surface area contributed by atoms with Gasteiger partial charge in [-0.25, -0.2) is 0 Å². The van der Waals surface area contributed by atoms with Gasteiger partial charge in [0.15, 0.2) is 0 Å². The highest BCUT2D eigenvalue weighted by molar-refractivity contribution is 5.87. The van der Waals surface area contributed by atoms with Crippen LogP contribution in [0.15, 0.2) is 35.1 Å². The van der Waals surface area contributed by atoms with Gasteiger partial charge >= 0.3 is 5.97 Å². The molecule has 4 heteroatoms. The SMILES string of the molecule is CCn1c(=O)c(C2(C(=O)O)CC2)cc2ccccc21. The van der Waals surface area contributed by atoms with Crippen LogP contribution in [-0.4, -0.2) is 15.6 Å². The van der Waals surface area contributed by atoms with E-state index in [4.69, 9.17) is 0 Å². The van der Waals surface area contributed by atoms with Crippen LogP contribution >= 0.6 is 0 Å². The van der Waals surface area contributed by atoms with Crippen molar-refractivity contribution in [3.05, 3.63) is 46.2 Å². The van der Waals surface area contributed by atoms with Crippen molar-refractivity contribution in [3.8, 4) is 0 Å². The van der Waals surface area contributed by atoms with Crippen LogP contribution in [0.5, 0.6) is 0 Å². The van der Waals surface area contributed by atoms with Gasteiger partial charge in [0.05, 0.1) is 10.9 Å². The third-order valence-corrected chi connectivity index (χ3v) is 3.99. The molecule has 19 heavy (non-hydrogen) atoms. The van der Waals surface area contributed by atoms with Crippen molar-refractivity contribution in [3.63, 3.8) is 0 Å². The summed E-state index contributed by atoms with van der Waals surface area (Å²) in [7, 11) is 0. The second kappa shape index (κ2) is 3.95. The summed E-state index contributed by atoms with van der Waals surface area (Å²) in [5.74, 6) is -0.887. The lowest BCUT2D eigenvalue weighted by Crippen LogP contribution is -2.32. The molecule has 2 aromatic rings. The van der Waals surface area contributed by atoms with E-state index in [1.807, 2.05) is 31.2 Å². The molecule has 1 heterocycles. The van der Waals surface area contributed by atoms with E-state index in [9.17, 15) is 14.7 Å². The zero-order valence-electron chi connectivity index (χ0n) is 10.7. The zero-order chi connectivity index (χ0) is 13.6. The first-order chi connectivity index (χ1) is 9.10. The Balaban J connectivity index is 2.36. The highest BCUT2D eigenvalue weighted by atomic mass is 16.4. The lowest BCUT2D eigenvalue weighted by Gasteiger charge is -2.15. The van der Waals surface area contributed by atoms with E-state index in [0.717, 1.165) is 10.9 Å². The van der Waals surface area contributed by atoms with Gasteiger partial charge in [0.25, 0.3) is 5.56 Å². The lowest BCUT2D eigenvalue weighted by atomic mass is 9.96.